The molecule has 0 saturated heterocycles. The molecule has 0 unspecified atom stereocenters. The third-order valence-corrected chi connectivity index (χ3v) is 5.07. The Labute approximate surface area is 210 Å². The molecule has 0 bridgehead atoms. The second kappa shape index (κ2) is 12.7. The molecule has 0 aromatic heterocycles. The van der Waals surface area contributed by atoms with Crippen molar-refractivity contribution in [1.82, 2.24) is 0 Å². The van der Waals surface area contributed by atoms with E-state index in [1.807, 2.05) is 12.1 Å². The van der Waals surface area contributed by atoms with E-state index in [1.54, 1.807) is 89.1 Å². The summed E-state index contributed by atoms with van der Waals surface area (Å²) in [4.78, 5) is 24.8. The number of hydrogen-bond donors (Lipinski definition) is 2. The number of methoxy groups -OCH3 is 4. The minimum absolute atomic E-state index is 0.318. The van der Waals surface area contributed by atoms with Gasteiger partial charge < -0.3 is 29.6 Å². The number of rotatable bonds is 10. The lowest BCUT2D eigenvalue weighted by molar-refractivity contribution is -0.112. The van der Waals surface area contributed by atoms with Gasteiger partial charge in [-0.15, -0.1) is 0 Å². The van der Waals surface area contributed by atoms with E-state index in [-0.39, 0.29) is 11.8 Å². The fourth-order valence-corrected chi connectivity index (χ4v) is 3.30. The quantitative estimate of drug-likeness (QED) is 0.389. The number of amides is 2. The Hall–Kier alpha value is -4.72. The third-order valence-electron chi connectivity index (χ3n) is 5.07. The first-order valence-electron chi connectivity index (χ1n) is 11.0. The fraction of sp³-hybridized carbons (Fsp3) is 0.143. The number of nitrogens with one attached hydrogen (secondary N) is 2. The zero-order chi connectivity index (χ0) is 25.9. The van der Waals surface area contributed by atoms with Crippen LogP contribution < -0.4 is 29.6 Å². The highest BCUT2D eigenvalue weighted by Gasteiger charge is 2.06. The van der Waals surface area contributed by atoms with Crippen molar-refractivity contribution in [3.8, 4) is 23.0 Å². The lowest BCUT2D eigenvalue weighted by Crippen LogP contribution is -2.10. The van der Waals surface area contributed by atoms with Crippen LogP contribution in [-0.4, -0.2) is 40.3 Å². The second-order valence-electron chi connectivity index (χ2n) is 7.45. The summed E-state index contributed by atoms with van der Waals surface area (Å²) >= 11 is 0. The summed E-state index contributed by atoms with van der Waals surface area (Å²) < 4.78 is 21.0. The minimum Gasteiger partial charge on any atom is -0.493 e. The van der Waals surface area contributed by atoms with Gasteiger partial charge in [-0.3, -0.25) is 9.59 Å². The molecule has 0 fully saturated rings. The van der Waals surface area contributed by atoms with Crippen LogP contribution in [0, 0.1) is 0 Å². The first kappa shape index (κ1) is 25.9. The Kier molecular flexibility index (Phi) is 9.11. The van der Waals surface area contributed by atoms with Crippen molar-refractivity contribution in [2.45, 2.75) is 0 Å². The molecular weight excluding hydrogens is 460 g/mol. The summed E-state index contributed by atoms with van der Waals surface area (Å²) in [5, 5.41) is 5.56. The Morgan fingerprint density at radius 1 is 0.583 bits per heavy atom. The van der Waals surface area contributed by atoms with Gasteiger partial charge in [0.2, 0.25) is 11.8 Å². The maximum absolute atomic E-state index is 12.4. The van der Waals surface area contributed by atoms with E-state index in [0.29, 0.717) is 34.4 Å². The summed E-state index contributed by atoms with van der Waals surface area (Å²) in [5.74, 6) is 1.73. The van der Waals surface area contributed by atoms with Gasteiger partial charge in [0, 0.05) is 23.5 Å². The van der Waals surface area contributed by atoms with Crippen LogP contribution in [0.5, 0.6) is 23.0 Å². The van der Waals surface area contributed by atoms with E-state index in [1.165, 1.54) is 12.2 Å². The average molecular weight is 489 g/mol. The maximum atomic E-state index is 12.4. The predicted molar refractivity (Wildman–Crippen MR) is 141 cm³/mol. The van der Waals surface area contributed by atoms with Crippen LogP contribution in [0.4, 0.5) is 11.4 Å². The normalized spacial score (nSPS) is 10.8. The molecule has 0 aliphatic carbocycles. The van der Waals surface area contributed by atoms with E-state index in [9.17, 15) is 9.59 Å². The molecule has 0 spiro atoms. The summed E-state index contributed by atoms with van der Waals surface area (Å²) in [7, 11) is 6.23. The second-order valence-corrected chi connectivity index (χ2v) is 7.45. The zero-order valence-electron chi connectivity index (χ0n) is 20.5. The number of hydrogen-bond acceptors (Lipinski definition) is 6. The summed E-state index contributed by atoms with van der Waals surface area (Å²) in [5.41, 5.74) is 2.65. The van der Waals surface area contributed by atoms with Gasteiger partial charge in [-0.1, -0.05) is 18.2 Å². The van der Waals surface area contributed by atoms with Crippen molar-refractivity contribution in [3.05, 3.63) is 83.9 Å². The Morgan fingerprint density at radius 3 is 1.39 bits per heavy atom. The molecule has 0 saturated carbocycles. The fourth-order valence-electron chi connectivity index (χ4n) is 3.30. The third kappa shape index (κ3) is 7.14. The maximum Gasteiger partial charge on any atom is 0.248 e. The molecule has 186 valence electrons. The number of carbonyl (C=O) groups excluding carboxylic acids is 2. The van der Waals surface area contributed by atoms with Crippen molar-refractivity contribution in [2.24, 2.45) is 0 Å². The number of carbonyl (C=O) groups is 2. The van der Waals surface area contributed by atoms with E-state index in [2.05, 4.69) is 10.6 Å². The van der Waals surface area contributed by atoms with Crippen molar-refractivity contribution in [2.75, 3.05) is 39.1 Å². The highest BCUT2D eigenvalue weighted by molar-refractivity contribution is 6.04. The van der Waals surface area contributed by atoms with Crippen LogP contribution in [0.15, 0.2) is 72.8 Å². The van der Waals surface area contributed by atoms with Gasteiger partial charge in [0.05, 0.1) is 28.4 Å². The number of benzene rings is 3. The Morgan fingerprint density at radius 2 is 1.00 bits per heavy atom. The first-order chi connectivity index (χ1) is 17.4. The van der Waals surface area contributed by atoms with Gasteiger partial charge in [0.15, 0.2) is 23.0 Å². The average Bonchev–Trinajstić information content (AvgIpc) is 2.90. The highest BCUT2D eigenvalue weighted by atomic mass is 16.5. The molecule has 8 nitrogen and oxygen atoms in total. The molecule has 3 aromatic rings. The van der Waals surface area contributed by atoms with Crippen LogP contribution in [0.3, 0.4) is 0 Å². The molecule has 2 N–H and O–H groups in total. The Balaban J connectivity index is 1.60. The predicted octanol–water partition coefficient (Wildman–Crippen LogP) is 5.02. The first-order valence-corrected chi connectivity index (χ1v) is 11.0. The SMILES string of the molecule is COc1ccc(/C=C\C(=O)Nc2cccc(NC(=O)/C=C\c3ccc(OC)c(OC)c3)c2)cc1OC. The van der Waals surface area contributed by atoms with Crippen molar-refractivity contribution < 1.29 is 28.5 Å². The molecular formula is C28H28N2O6. The molecule has 36 heavy (non-hydrogen) atoms. The standard InChI is InChI=1S/C28H28N2O6/c1-33-23-12-8-19(16-25(23)35-3)10-14-27(31)29-21-6-5-7-22(18-21)30-28(32)15-11-20-9-13-24(34-2)26(17-20)36-4/h5-18H,1-4H3,(H,29,31)(H,30,32)/b14-10-,15-11-. The van der Waals surface area contributed by atoms with Gasteiger partial charge in [-0.05, 0) is 65.7 Å². The molecule has 3 aromatic carbocycles. The molecule has 0 radical (unpaired) electrons. The van der Waals surface area contributed by atoms with Crippen LogP contribution in [0.2, 0.25) is 0 Å². The van der Waals surface area contributed by atoms with E-state index in [0.717, 1.165) is 11.1 Å². The van der Waals surface area contributed by atoms with Gasteiger partial charge >= 0.3 is 0 Å². The van der Waals surface area contributed by atoms with Crippen LogP contribution in [0.1, 0.15) is 11.1 Å². The van der Waals surface area contributed by atoms with E-state index < -0.39 is 0 Å². The summed E-state index contributed by atoms with van der Waals surface area (Å²) in [6.07, 6.45) is 6.17. The molecule has 3 rings (SSSR count). The molecule has 0 heterocycles. The van der Waals surface area contributed by atoms with Gasteiger partial charge in [-0.2, -0.15) is 0 Å². The topological polar surface area (TPSA) is 95.1 Å². The molecule has 0 aliphatic heterocycles. The Bertz CT molecular complexity index is 1190. The molecule has 2 amide bonds. The monoisotopic (exact) mass is 488 g/mol. The van der Waals surface area contributed by atoms with Crippen molar-refractivity contribution in [1.29, 1.82) is 0 Å². The molecule has 0 atom stereocenters. The minimum atomic E-state index is -0.318. The number of ether oxygens (including phenoxy) is 4. The largest absolute Gasteiger partial charge is 0.493 e. The van der Waals surface area contributed by atoms with Crippen LogP contribution in [0.25, 0.3) is 12.2 Å². The summed E-state index contributed by atoms with van der Waals surface area (Å²) in [6, 6.07) is 17.6. The molecule has 0 aliphatic rings. The van der Waals surface area contributed by atoms with Gasteiger partial charge in [-0.25, -0.2) is 0 Å². The van der Waals surface area contributed by atoms with Crippen LogP contribution in [-0.2, 0) is 9.59 Å². The van der Waals surface area contributed by atoms with E-state index in [4.69, 9.17) is 18.9 Å². The van der Waals surface area contributed by atoms with Crippen LogP contribution >= 0.6 is 0 Å². The molecule has 8 heteroatoms. The van der Waals surface area contributed by atoms with Gasteiger partial charge in [0.1, 0.15) is 0 Å². The smallest absolute Gasteiger partial charge is 0.248 e. The zero-order valence-corrected chi connectivity index (χ0v) is 20.5. The van der Waals surface area contributed by atoms with E-state index >= 15 is 0 Å². The lowest BCUT2D eigenvalue weighted by Gasteiger charge is -2.08. The summed E-state index contributed by atoms with van der Waals surface area (Å²) in [6.45, 7) is 0. The number of anilines is 2. The lowest BCUT2D eigenvalue weighted by atomic mass is 10.2. The van der Waals surface area contributed by atoms with Gasteiger partial charge in [0.25, 0.3) is 0 Å². The highest BCUT2D eigenvalue weighted by Crippen LogP contribution is 2.29. The van der Waals surface area contributed by atoms with Crippen molar-refractivity contribution >= 4 is 35.3 Å². The van der Waals surface area contributed by atoms with Crippen molar-refractivity contribution in [3.63, 3.8) is 0 Å².